The molecule has 0 bridgehead atoms. The van der Waals surface area contributed by atoms with E-state index in [2.05, 4.69) is 0 Å². The molecule has 0 unspecified atom stereocenters. The van der Waals surface area contributed by atoms with Crippen molar-refractivity contribution in [2.75, 3.05) is 0 Å². The number of carbonyl (C=O) groups is 1. The van der Waals surface area contributed by atoms with Gasteiger partial charge in [-0.3, -0.25) is 4.79 Å². The molecule has 1 aromatic rings. The number of allylic oxidation sites excluding steroid dienone is 1. The number of carbonyl (C=O) groups excluding carboxylic acids is 1. The first-order chi connectivity index (χ1) is 7.10. The maximum absolute atomic E-state index is 11.5. The number of halogens is 2. The highest BCUT2D eigenvalue weighted by Gasteiger charge is 2.46. The fourth-order valence-electron chi connectivity index (χ4n) is 1.25. The molecule has 2 rings (SSSR count). The van der Waals surface area contributed by atoms with Gasteiger partial charge in [0.25, 0.3) is 0 Å². The first kappa shape index (κ1) is 10.7. The first-order valence-corrected chi connectivity index (χ1v) is 5.53. The summed E-state index contributed by atoms with van der Waals surface area (Å²) in [6.07, 6.45) is 4.89. The molecule has 0 aliphatic heterocycles. The third-order valence-corrected chi connectivity index (χ3v) is 3.24. The average molecular weight is 241 g/mol. The summed E-state index contributed by atoms with van der Waals surface area (Å²) >= 11 is 11.7. The van der Waals surface area contributed by atoms with E-state index in [1.54, 1.807) is 24.3 Å². The summed E-state index contributed by atoms with van der Waals surface area (Å²) < 4.78 is 0. The van der Waals surface area contributed by atoms with Gasteiger partial charge >= 0.3 is 0 Å². The Kier molecular flexibility index (Phi) is 2.85. The van der Waals surface area contributed by atoms with Gasteiger partial charge in [0.15, 0.2) is 5.78 Å². The van der Waals surface area contributed by atoms with Crippen molar-refractivity contribution < 1.29 is 4.79 Å². The largest absolute Gasteiger partial charge is 0.293 e. The van der Waals surface area contributed by atoms with Gasteiger partial charge in [-0.2, -0.15) is 0 Å². The maximum Gasteiger partial charge on any atom is 0.176 e. The summed E-state index contributed by atoms with van der Waals surface area (Å²) in [6.45, 7) is 0. The highest BCUT2D eigenvalue weighted by atomic mass is 35.5. The number of hydrogen-bond donors (Lipinski definition) is 0. The SMILES string of the molecule is O=C(C=Cc1ccc(Cl)cc1)C1(Cl)CC1. The van der Waals surface area contributed by atoms with Gasteiger partial charge in [0.05, 0.1) is 0 Å². The zero-order valence-electron chi connectivity index (χ0n) is 8.04. The van der Waals surface area contributed by atoms with Gasteiger partial charge in [-0.25, -0.2) is 0 Å². The molecule has 0 radical (unpaired) electrons. The molecule has 3 heteroatoms. The minimum Gasteiger partial charge on any atom is -0.293 e. The van der Waals surface area contributed by atoms with E-state index in [0.717, 1.165) is 18.4 Å². The fraction of sp³-hybridized carbons (Fsp3) is 0.250. The van der Waals surface area contributed by atoms with Gasteiger partial charge in [0, 0.05) is 5.02 Å². The minimum absolute atomic E-state index is 0.000818. The van der Waals surface area contributed by atoms with Crippen molar-refractivity contribution in [1.29, 1.82) is 0 Å². The standard InChI is InChI=1S/C12H10Cl2O/c13-10-4-1-9(2-5-10)3-6-11(15)12(14)7-8-12/h1-6H,7-8H2. The van der Waals surface area contributed by atoms with Crippen molar-refractivity contribution in [2.45, 2.75) is 17.7 Å². The summed E-state index contributed by atoms with van der Waals surface area (Å²) in [6, 6.07) is 7.30. The van der Waals surface area contributed by atoms with Crippen LogP contribution in [0.25, 0.3) is 6.08 Å². The van der Waals surface area contributed by atoms with E-state index < -0.39 is 4.87 Å². The third kappa shape index (κ3) is 2.61. The maximum atomic E-state index is 11.5. The summed E-state index contributed by atoms with van der Waals surface area (Å²) in [5.74, 6) is -0.000818. The van der Waals surface area contributed by atoms with Crippen LogP contribution in [0.2, 0.25) is 5.02 Å². The van der Waals surface area contributed by atoms with Crippen molar-refractivity contribution in [1.82, 2.24) is 0 Å². The second-order valence-electron chi connectivity index (χ2n) is 3.71. The van der Waals surface area contributed by atoms with Crippen LogP contribution in [0.4, 0.5) is 0 Å². The van der Waals surface area contributed by atoms with Crippen LogP contribution in [0.5, 0.6) is 0 Å². The molecular weight excluding hydrogens is 231 g/mol. The zero-order chi connectivity index (χ0) is 10.9. The molecule has 0 heterocycles. The van der Waals surface area contributed by atoms with E-state index >= 15 is 0 Å². The molecule has 0 spiro atoms. The fourth-order valence-corrected chi connectivity index (χ4v) is 1.53. The van der Waals surface area contributed by atoms with Gasteiger partial charge in [-0.15, -0.1) is 11.6 Å². The average Bonchev–Trinajstić information content (AvgIpc) is 2.97. The van der Waals surface area contributed by atoms with Crippen molar-refractivity contribution in [3.05, 3.63) is 40.9 Å². The molecule has 1 aliphatic rings. The molecule has 0 atom stereocenters. The van der Waals surface area contributed by atoms with E-state index in [0.29, 0.717) is 5.02 Å². The molecule has 1 saturated carbocycles. The first-order valence-electron chi connectivity index (χ1n) is 4.77. The van der Waals surface area contributed by atoms with Gasteiger partial charge in [0.1, 0.15) is 4.87 Å². The zero-order valence-corrected chi connectivity index (χ0v) is 9.55. The second-order valence-corrected chi connectivity index (χ2v) is 4.87. The predicted molar refractivity (Wildman–Crippen MR) is 63.3 cm³/mol. The monoisotopic (exact) mass is 240 g/mol. The number of ketones is 1. The number of benzene rings is 1. The quantitative estimate of drug-likeness (QED) is 0.582. The van der Waals surface area contributed by atoms with Crippen molar-refractivity contribution in [2.24, 2.45) is 0 Å². The molecule has 1 nitrogen and oxygen atoms in total. The van der Waals surface area contributed by atoms with Gasteiger partial charge in [0.2, 0.25) is 0 Å². The van der Waals surface area contributed by atoms with Crippen LogP contribution in [0.15, 0.2) is 30.3 Å². The lowest BCUT2D eigenvalue weighted by Gasteiger charge is -1.98. The van der Waals surface area contributed by atoms with Crippen LogP contribution < -0.4 is 0 Å². The Morgan fingerprint density at radius 1 is 1.27 bits per heavy atom. The Balaban J connectivity index is 2.05. The van der Waals surface area contributed by atoms with Crippen LogP contribution in [-0.2, 0) is 4.79 Å². The molecular formula is C12H10Cl2O. The Bertz CT molecular complexity index is 402. The molecule has 15 heavy (non-hydrogen) atoms. The molecule has 0 amide bonds. The summed E-state index contributed by atoms with van der Waals surface area (Å²) in [5.41, 5.74) is 0.952. The smallest absolute Gasteiger partial charge is 0.176 e. The topological polar surface area (TPSA) is 17.1 Å². The predicted octanol–water partition coefficient (Wildman–Crippen LogP) is 3.69. The lowest BCUT2D eigenvalue weighted by Crippen LogP contribution is -2.11. The van der Waals surface area contributed by atoms with Crippen molar-refractivity contribution >= 4 is 35.1 Å². The lowest BCUT2D eigenvalue weighted by atomic mass is 10.1. The lowest BCUT2D eigenvalue weighted by molar-refractivity contribution is -0.114. The Hall–Kier alpha value is -0.790. The van der Waals surface area contributed by atoms with Crippen LogP contribution in [0.3, 0.4) is 0 Å². The van der Waals surface area contributed by atoms with E-state index in [-0.39, 0.29) is 5.78 Å². The summed E-state index contributed by atoms with van der Waals surface area (Å²) in [4.78, 5) is 10.9. The van der Waals surface area contributed by atoms with E-state index in [1.807, 2.05) is 12.1 Å². The van der Waals surface area contributed by atoms with Crippen LogP contribution in [0, 0.1) is 0 Å². The highest BCUT2D eigenvalue weighted by molar-refractivity contribution is 6.39. The molecule has 0 saturated heterocycles. The molecule has 78 valence electrons. The minimum atomic E-state index is -0.594. The van der Waals surface area contributed by atoms with Gasteiger partial charge in [-0.05, 0) is 36.6 Å². The van der Waals surface area contributed by atoms with Crippen molar-refractivity contribution in [3.8, 4) is 0 Å². The Morgan fingerprint density at radius 3 is 2.40 bits per heavy atom. The Labute approximate surface area is 98.7 Å². The molecule has 0 N–H and O–H groups in total. The second kappa shape index (κ2) is 3.99. The molecule has 1 fully saturated rings. The van der Waals surface area contributed by atoms with Gasteiger partial charge in [-0.1, -0.05) is 29.8 Å². The van der Waals surface area contributed by atoms with Crippen molar-refractivity contribution in [3.63, 3.8) is 0 Å². The van der Waals surface area contributed by atoms with Crippen LogP contribution >= 0.6 is 23.2 Å². The molecule has 1 aromatic carbocycles. The van der Waals surface area contributed by atoms with Crippen LogP contribution in [0.1, 0.15) is 18.4 Å². The van der Waals surface area contributed by atoms with E-state index in [1.165, 1.54) is 0 Å². The van der Waals surface area contributed by atoms with Crippen LogP contribution in [-0.4, -0.2) is 10.7 Å². The summed E-state index contributed by atoms with van der Waals surface area (Å²) in [5, 5.41) is 0.689. The number of alkyl halides is 1. The van der Waals surface area contributed by atoms with Gasteiger partial charge < -0.3 is 0 Å². The normalized spacial score (nSPS) is 18.0. The summed E-state index contributed by atoms with van der Waals surface area (Å²) in [7, 11) is 0. The highest BCUT2D eigenvalue weighted by Crippen LogP contribution is 2.43. The number of hydrogen-bond acceptors (Lipinski definition) is 1. The van der Waals surface area contributed by atoms with E-state index in [9.17, 15) is 4.79 Å². The molecule has 1 aliphatic carbocycles. The third-order valence-electron chi connectivity index (χ3n) is 2.43. The van der Waals surface area contributed by atoms with E-state index in [4.69, 9.17) is 23.2 Å². The number of rotatable bonds is 3. The Morgan fingerprint density at radius 2 is 1.87 bits per heavy atom. The molecule has 0 aromatic heterocycles.